The lowest BCUT2D eigenvalue weighted by molar-refractivity contribution is -0.118. The number of anilines is 2. The van der Waals surface area contributed by atoms with Crippen LogP contribution in [-0.4, -0.2) is 37.0 Å². The molecule has 0 unspecified atom stereocenters. The first-order chi connectivity index (χ1) is 12.5. The number of carbonyl (C=O) groups is 1. The highest BCUT2D eigenvalue weighted by atomic mass is 19.1. The Morgan fingerprint density at radius 1 is 1.04 bits per heavy atom. The molecule has 1 heterocycles. The minimum absolute atomic E-state index is 0.0273. The maximum absolute atomic E-state index is 13.8. The molecule has 2 aromatic rings. The smallest absolute Gasteiger partial charge is 0.226 e. The molecule has 0 radical (unpaired) electrons. The maximum Gasteiger partial charge on any atom is 0.226 e. The van der Waals surface area contributed by atoms with Gasteiger partial charge in [0, 0.05) is 55.6 Å². The van der Waals surface area contributed by atoms with Crippen LogP contribution >= 0.6 is 0 Å². The lowest BCUT2D eigenvalue weighted by atomic mass is 10.1. The molecule has 0 spiro atoms. The topological polar surface area (TPSA) is 35.6 Å². The van der Waals surface area contributed by atoms with E-state index in [1.165, 1.54) is 6.07 Å². The van der Waals surface area contributed by atoms with E-state index in [4.69, 9.17) is 0 Å². The molecule has 0 bridgehead atoms. The van der Waals surface area contributed by atoms with Gasteiger partial charge in [0.1, 0.15) is 5.82 Å². The Balaban J connectivity index is 1.53. The van der Waals surface area contributed by atoms with Gasteiger partial charge in [-0.05, 0) is 30.3 Å². The molecule has 0 atom stereocenters. The molecule has 2 aromatic carbocycles. The van der Waals surface area contributed by atoms with Gasteiger partial charge in [0.05, 0.1) is 0 Å². The van der Waals surface area contributed by atoms with Gasteiger partial charge >= 0.3 is 0 Å². The van der Waals surface area contributed by atoms with E-state index in [1.807, 2.05) is 50.2 Å². The van der Waals surface area contributed by atoms with Crippen molar-refractivity contribution in [1.82, 2.24) is 4.90 Å². The van der Waals surface area contributed by atoms with Crippen molar-refractivity contribution < 1.29 is 9.18 Å². The Morgan fingerprint density at radius 3 is 2.31 bits per heavy atom. The molecule has 0 saturated carbocycles. The number of nitrogens with zero attached hydrogens (tertiary/aromatic N) is 2. The van der Waals surface area contributed by atoms with Crippen LogP contribution in [0, 0.1) is 11.7 Å². The van der Waals surface area contributed by atoms with E-state index >= 15 is 0 Å². The van der Waals surface area contributed by atoms with Crippen LogP contribution in [0.2, 0.25) is 0 Å². The fraction of sp³-hybridized carbons (Fsp3) is 0.381. The van der Waals surface area contributed by atoms with Gasteiger partial charge in [-0.2, -0.15) is 0 Å². The number of rotatable bonds is 5. The van der Waals surface area contributed by atoms with Crippen molar-refractivity contribution in [3.8, 4) is 0 Å². The summed E-state index contributed by atoms with van der Waals surface area (Å²) < 4.78 is 13.8. The molecule has 0 aromatic heterocycles. The first-order valence-corrected chi connectivity index (χ1v) is 9.14. The van der Waals surface area contributed by atoms with Gasteiger partial charge in [-0.15, -0.1) is 0 Å². The van der Waals surface area contributed by atoms with Gasteiger partial charge in [-0.1, -0.05) is 32.0 Å². The number of halogens is 1. The fourth-order valence-electron chi connectivity index (χ4n) is 3.07. The average Bonchev–Trinajstić information content (AvgIpc) is 2.65. The molecule has 1 aliphatic rings. The molecular formula is C21H26FN3O. The van der Waals surface area contributed by atoms with Crippen molar-refractivity contribution >= 4 is 17.3 Å². The van der Waals surface area contributed by atoms with Crippen LogP contribution in [0.15, 0.2) is 48.5 Å². The molecule has 5 heteroatoms. The summed E-state index contributed by atoms with van der Waals surface area (Å²) in [5.41, 5.74) is 2.73. The monoisotopic (exact) mass is 355 g/mol. The SMILES string of the molecule is CC(C)C(=O)Nc1ccc(N2CCN(Cc3ccccc3F)CC2)cc1. The van der Waals surface area contributed by atoms with Crippen LogP contribution in [0.4, 0.5) is 15.8 Å². The minimum atomic E-state index is -0.131. The molecule has 0 aliphatic carbocycles. The molecule has 4 nitrogen and oxygen atoms in total. The summed E-state index contributed by atoms with van der Waals surface area (Å²) in [5.74, 6) is -0.134. The molecule has 26 heavy (non-hydrogen) atoms. The molecule has 1 amide bonds. The number of piperazine rings is 1. The Hall–Kier alpha value is -2.40. The fourth-order valence-corrected chi connectivity index (χ4v) is 3.07. The number of benzene rings is 2. The molecule has 1 N–H and O–H groups in total. The van der Waals surface area contributed by atoms with Crippen LogP contribution in [0.5, 0.6) is 0 Å². The standard InChI is InChI=1S/C21H26FN3O/c1-16(2)21(26)23-18-7-9-19(10-8-18)25-13-11-24(12-14-25)15-17-5-3-4-6-20(17)22/h3-10,16H,11-15H2,1-2H3,(H,23,26). The zero-order valence-electron chi connectivity index (χ0n) is 15.4. The lowest BCUT2D eigenvalue weighted by Gasteiger charge is -2.36. The van der Waals surface area contributed by atoms with E-state index in [0.29, 0.717) is 6.54 Å². The molecule has 138 valence electrons. The predicted molar refractivity (Wildman–Crippen MR) is 104 cm³/mol. The first kappa shape index (κ1) is 18.4. The number of carbonyl (C=O) groups excluding carboxylic acids is 1. The summed E-state index contributed by atoms with van der Waals surface area (Å²) in [6.07, 6.45) is 0. The quantitative estimate of drug-likeness (QED) is 0.887. The van der Waals surface area contributed by atoms with E-state index in [1.54, 1.807) is 6.07 Å². The van der Waals surface area contributed by atoms with Gasteiger partial charge in [-0.3, -0.25) is 9.69 Å². The Bertz CT molecular complexity index is 737. The van der Waals surface area contributed by atoms with Gasteiger partial charge in [0.25, 0.3) is 0 Å². The molecule has 3 rings (SSSR count). The van der Waals surface area contributed by atoms with Gasteiger partial charge in [0.15, 0.2) is 0 Å². The first-order valence-electron chi connectivity index (χ1n) is 9.14. The van der Waals surface area contributed by atoms with Gasteiger partial charge in [0.2, 0.25) is 5.91 Å². The van der Waals surface area contributed by atoms with Crippen LogP contribution in [0.3, 0.4) is 0 Å². The number of amides is 1. The highest BCUT2D eigenvalue weighted by Gasteiger charge is 2.18. The van der Waals surface area contributed by atoms with Crippen LogP contribution in [0.1, 0.15) is 19.4 Å². The van der Waals surface area contributed by atoms with E-state index < -0.39 is 0 Å². The summed E-state index contributed by atoms with van der Waals surface area (Å²) in [7, 11) is 0. The van der Waals surface area contributed by atoms with Crippen molar-refractivity contribution in [3.63, 3.8) is 0 Å². The highest BCUT2D eigenvalue weighted by Crippen LogP contribution is 2.21. The third kappa shape index (κ3) is 4.61. The predicted octanol–water partition coefficient (Wildman–Crippen LogP) is 3.74. The second-order valence-corrected chi connectivity index (χ2v) is 7.05. The van der Waals surface area contributed by atoms with Gasteiger partial charge < -0.3 is 10.2 Å². The van der Waals surface area contributed by atoms with E-state index in [9.17, 15) is 9.18 Å². The largest absolute Gasteiger partial charge is 0.369 e. The van der Waals surface area contributed by atoms with Crippen LogP contribution < -0.4 is 10.2 Å². The molecule has 1 aliphatic heterocycles. The van der Waals surface area contributed by atoms with Crippen molar-refractivity contribution in [2.45, 2.75) is 20.4 Å². The third-order valence-corrected chi connectivity index (χ3v) is 4.75. The summed E-state index contributed by atoms with van der Waals surface area (Å²) in [4.78, 5) is 16.4. The summed E-state index contributed by atoms with van der Waals surface area (Å²) >= 11 is 0. The normalized spacial score (nSPS) is 15.3. The van der Waals surface area contributed by atoms with Crippen molar-refractivity contribution in [1.29, 1.82) is 0 Å². The lowest BCUT2D eigenvalue weighted by Crippen LogP contribution is -2.46. The third-order valence-electron chi connectivity index (χ3n) is 4.75. The summed E-state index contributed by atoms with van der Waals surface area (Å²) in [6, 6.07) is 15.0. The van der Waals surface area contributed by atoms with Crippen molar-refractivity contribution in [2.75, 3.05) is 36.4 Å². The Labute approximate surface area is 154 Å². The Kier molecular flexibility index (Phi) is 5.89. The van der Waals surface area contributed by atoms with E-state index in [0.717, 1.165) is 43.1 Å². The number of nitrogens with one attached hydrogen (secondary N) is 1. The zero-order valence-corrected chi connectivity index (χ0v) is 15.4. The summed E-state index contributed by atoms with van der Waals surface area (Å²) in [5, 5.41) is 2.91. The number of hydrogen-bond acceptors (Lipinski definition) is 3. The second-order valence-electron chi connectivity index (χ2n) is 7.05. The maximum atomic E-state index is 13.8. The number of hydrogen-bond donors (Lipinski definition) is 1. The molecular weight excluding hydrogens is 329 g/mol. The van der Waals surface area contributed by atoms with Gasteiger partial charge in [-0.25, -0.2) is 4.39 Å². The van der Waals surface area contributed by atoms with Crippen LogP contribution in [-0.2, 0) is 11.3 Å². The van der Waals surface area contributed by atoms with Crippen LogP contribution in [0.25, 0.3) is 0 Å². The average molecular weight is 355 g/mol. The Morgan fingerprint density at radius 2 is 1.69 bits per heavy atom. The van der Waals surface area contributed by atoms with Crippen molar-refractivity contribution in [2.24, 2.45) is 5.92 Å². The van der Waals surface area contributed by atoms with E-state index in [2.05, 4.69) is 15.1 Å². The zero-order chi connectivity index (χ0) is 18.5. The highest BCUT2D eigenvalue weighted by molar-refractivity contribution is 5.92. The molecule has 1 fully saturated rings. The molecule has 1 saturated heterocycles. The van der Waals surface area contributed by atoms with E-state index in [-0.39, 0.29) is 17.6 Å². The minimum Gasteiger partial charge on any atom is -0.369 e. The second kappa shape index (κ2) is 8.32. The van der Waals surface area contributed by atoms with Crippen molar-refractivity contribution in [3.05, 3.63) is 59.9 Å². The summed E-state index contributed by atoms with van der Waals surface area (Å²) in [6.45, 7) is 8.04.